The van der Waals surface area contributed by atoms with Crippen LogP contribution in [0.1, 0.15) is 10.4 Å². The normalized spacial score (nSPS) is 10.8. The summed E-state index contributed by atoms with van der Waals surface area (Å²) in [6.45, 7) is 0. The first kappa shape index (κ1) is 14.6. The van der Waals surface area contributed by atoms with Gasteiger partial charge in [0.1, 0.15) is 7.85 Å². The summed E-state index contributed by atoms with van der Waals surface area (Å²) >= 11 is 0. The number of nitrogens with zero attached hydrogens (tertiary/aromatic N) is 1. The Morgan fingerprint density at radius 3 is 2.05 bits per heavy atom. The smallest absolute Gasteiger partial charge is 0.294 e. The highest BCUT2D eigenvalue weighted by molar-refractivity contribution is 6.51. The first-order valence-electron chi connectivity index (χ1n) is 5.71. The maximum atomic E-state index is 12.1. The van der Waals surface area contributed by atoms with Gasteiger partial charge in [-0.25, -0.2) is 0 Å². The molecule has 1 heterocycles. The average Bonchev–Trinajstić information content (AvgIpc) is 2.78. The van der Waals surface area contributed by atoms with Crippen LogP contribution in [-0.4, -0.2) is 63.9 Å². The molecule has 1 aromatic carbocycles. The SMILES string of the molecule is [B]c1[nH]c2c(O)c(O)c(O)c(O)c2c1C(=O)C(=O)N(C)C. The number of hydrogen-bond acceptors (Lipinski definition) is 6. The zero-order chi connectivity index (χ0) is 16.1. The molecule has 0 aliphatic rings. The maximum absolute atomic E-state index is 12.1. The summed E-state index contributed by atoms with van der Waals surface area (Å²) in [5, 5.41) is 38.2. The average molecular weight is 290 g/mol. The molecule has 0 spiro atoms. The summed E-state index contributed by atoms with van der Waals surface area (Å²) in [5.41, 5.74) is -0.956. The fourth-order valence-corrected chi connectivity index (χ4v) is 1.94. The van der Waals surface area contributed by atoms with Crippen molar-refractivity contribution in [3.8, 4) is 23.0 Å². The Kier molecular flexibility index (Phi) is 3.20. The fourth-order valence-electron chi connectivity index (χ4n) is 1.94. The standard InChI is InChI=1S/C12H11BN2O6/c1-15(2)12(21)7(17)4-3-5(14-11(4)13)8(18)10(20)9(19)6(3)16/h14,16,18-20H,1-2H3. The number of carbonyl (C=O) groups excluding carboxylic acids is 2. The number of aromatic hydroxyl groups is 4. The molecule has 5 N–H and O–H groups in total. The second-order valence-electron chi connectivity index (χ2n) is 4.59. The van der Waals surface area contributed by atoms with Crippen LogP contribution in [0.5, 0.6) is 23.0 Å². The van der Waals surface area contributed by atoms with Gasteiger partial charge >= 0.3 is 0 Å². The van der Waals surface area contributed by atoms with E-state index < -0.39 is 40.3 Å². The van der Waals surface area contributed by atoms with Gasteiger partial charge in [0.25, 0.3) is 11.7 Å². The number of likely N-dealkylation sites (N-methyl/N-ethyl adjacent to an activating group) is 1. The van der Waals surface area contributed by atoms with Crippen molar-refractivity contribution in [1.29, 1.82) is 0 Å². The number of nitrogens with one attached hydrogen (secondary N) is 1. The Morgan fingerprint density at radius 1 is 1.00 bits per heavy atom. The Bertz CT molecular complexity index is 780. The molecular formula is C12H11BN2O6. The Morgan fingerprint density at radius 2 is 1.52 bits per heavy atom. The third kappa shape index (κ3) is 1.94. The Hall–Kier alpha value is -2.84. The van der Waals surface area contributed by atoms with E-state index in [1.165, 1.54) is 14.1 Å². The number of Topliss-reactive ketones (excluding diaryl/α,β-unsaturated/α-hetero) is 1. The fraction of sp³-hybridized carbons (Fsp3) is 0.167. The van der Waals surface area contributed by atoms with Gasteiger partial charge in [-0.2, -0.15) is 0 Å². The molecular weight excluding hydrogens is 279 g/mol. The maximum Gasteiger partial charge on any atom is 0.294 e. The van der Waals surface area contributed by atoms with Gasteiger partial charge in [-0.1, -0.05) is 0 Å². The Balaban J connectivity index is 2.86. The summed E-state index contributed by atoms with van der Waals surface area (Å²) in [5.74, 6) is -5.62. The summed E-state index contributed by atoms with van der Waals surface area (Å²) in [6, 6.07) is 0. The highest BCUT2D eigenvalue weighted by atomic mass is 16.3. The zero-order valence-corrected chi connectivity index (χ0v) is 11.1. The van der Waals surface area contributed by atoms with Crippen LogP contribution in [0.4, 0.5) is 0 Å². The molecule has 0 fully saturated rings. The minimum Gasteiger partial charge on any atom is -0.504 e. The lowest BCUT2D eigenvalue weighted by Gasteiger charge is -2.10. The van der Waals surface area contributed by atoms with Gasteiger partial charge in [-0.3, -0.25) is 9.59 Å². The molecule has 108 valence electrons. The van der Waals surface area contributed by atoms with Crippen LogP contribution in [0, 0.1) is 0 Å². The van der Waals surface area contributed by atoms with Crippen LogP contribution in [0.25, 0.3) is 10.9 Å². The highest BCUT2D eigenvalue weighted by Gasteiger charge is 2.29. The van der Waals surface area contributed by atoms with Gasteiger partial charge in [-0.15, -0.1) is 0 Å². The molecule has 0 unspecified atom stereocenters. The molecule has 1 aromatic heterocycles. The molecule has 0 bridgehead atoms. The topological polar surface area (TPSA) is 134 Å². The van der Waals surface area contributed by atoms with Crippen LogP contribution in [0.2, 0.25) is 0 Å². The quantitative estimate of drug-likeness (QED) is 0.159. The molecule has 8 nitrogen and oxygen atoms in total. The number of hydrogen-bond donors (Lipinski definition) is 5. The number of rotatable bonds is 2. The zero-order valence-electron chi connectivity index (χ0n) is 11.1. The van der Waals surface area contributed by atoms with E-state index in [1.54, 1.807) is 0 Å². The lowest BCUT2D eigenvalue weighted by molar-refractivity contribution is -0.124. The molecule has 2 radical (unpaired) electrons. The van der Waals surface area contributed by atoms with E-state index in [9.17, 15) is 30.0 Å². The van der Waals surface area contributed by atoms with Crippen molar-refractivity contribution in [2.24, 2.45) is 0 Å². The second kappa shape index (κ2) is 4.62. The number of aromatic nitrogens is 1. The van der Waals surface area contributed by atoms with Crippen LogP contribution in [0.15, 0.2) is 0 Å². The third-order valence-corrected chi connectivity index (χ3v) is 3.00. The summed E-state index contributed by atoms with van der Waals surface area (Å²) < 4.78 is 0. The molecule has 2 aromatic rings. The first-order chi connectivity index (χ1) is 9.68. The van der Waals surface area contributed by atoms with Crippen LogP contribution in [0.3, 0.4) is 0 Å². The van der Waals surface area contributed by atoms with Crippen molar-refractivity contribution >= 4 is 36.0 Å². The minimum atomic E-state index is -1.04. The Labute approximate surface area is 119 Å². The van der Waals surface area contributed by atoms with E-state index in [-0.39, 0.29) is 16.5 Å². The van der Waals surface area contributed by atoms with E-state index >= 15 is 0 Å². The number of phenolic OH excluding ortho intramolecular Hbond substituents is 4. The van der Waals surface area contributed by atoms with Gasteiger partial charge in [0.15, 0.2) is 11.5 Å². The van der Waals surface area contributed by atoms with E-state index in [0.29, 0.717) is 0 Å². The van der Waals surface area contributed by atoms with Crippen LogP contribution in [-0.2, 0) is 4.79 Å². The number of benzene rings is 1. The van der Waals surface area contributed by atoms with Gasteiger partial charge in [0, 0.05) is 19.7 Å². The predicted molar refractivity (Wildman–Crippen MR) is 73.4 cm³/mol. The van der Waals surface area contributed by atoms with Crippen molar-refractivity contribution < 1.29 is 30.0 Å². The van der Waals surface area contributed by atoms with Crippen LogP contribution >= 0.6 is 0 Å². The molecule has 21 heavy (non-hydrogen) atoms. The molecule has 0 saturated heterocycles. The largest absolute Gasteiger partial charge is 0.504 e. The number of amides is 1. The van der Waals surface area contributed by atoms with E-state index in [2.05, 4.69) is 4.98 Å². The molecule has 9 heteroatoms. The number of phenols is 4. The number of carbonyl (C=O) groups is 2. The van der Waals surface area contributed by atoms with Gasteiger partial charge in [-0.05, 0) is 5.59 Å². The summed E-state index contributed by atoms with van der Waals surface area (Å²) in [7, 11) is 8.30. The molecule has 2 rings (SSSR count). The van der Waals surface area contributed by atoms with Crippen LogP contribution < -0.4 is 5.59 Å². The molecule has 0 saturated carbocycles. The summed E-state index contributed by atoms with van der Waals surface area (Å²) in [6.07, 6.45) is 0. The monoisotopic (exact) mass is 290 g/mol. The van der Waals surface area contributed by atoms with Gasteiger partial charge in [0.2, 0.25) is 11.5 Å². The van der Waals surface area contributed by atoms with E-state index in [1.807, 2.05) is 0 Å². The number of H-pyrrole nitrogens is 1. The van der Waals surface area contributed by atoms with Crippen molar-refractivity contribution in [1.82, 2.24) is 9.88 Å². The van der Waals surface area contributed by atoms with Gasteiger partial charge < -0.3 is 30.3 Å². The molecule has 1 amide bonds. The number of aromatic amines is 1. The predicted octanol–water partition coefficient (Wildman–Crippen LogP) is -0.945. The summed E-state index contributed by atoms with van der Waals surface area (Å²) in [4.78, 5) is 27.2. The van der Waals surface area contributed by atoms with E-state index in [0.717, 1.165) is 4.90 Å². The van der Waals surface area contributed by atoms with Crippen molar-refractivity contribution in [2.45, 2.75) is 0 Å². The molecule has 0 aliphatic heterocycles. The van der Waals surface area contributed by atoms with Crippen molar-refractivity contribution in [2.75, 3.05) is 14.1 Å². The molecule has 0 atom stereocenters. The van der Waals surface area contributed by atoms with Crippen molar-refractivity contribution in [3.63, 3.8) is 0 Å². The first-order valence-corrected chi connectivity index (χ1v) is 5.71. The minimum absolute atomic E-state index is 0.268. The lowest BCUT2D eigenvalue weighted by Crippen LogP contribution is -2.32. The number of ketones is 1. The van der Waals surface area contributed by atoms with E-state index in [4.69, 9.17) is 7.85 Å². The van der Waals surface area contributed by atoms with Crippen molar-refractivity contribution in [3.05, 3.63) is 5.56 Å². The third-order valence-electron chi connectivity index (χ3n) is 3.00. The highest BCUT2D eigenvalue weighted by Crippen LogP contribution is 2.48. The lowest BCUT2D eigenvalue weighted by atomic mass is 9.94. The second-order valence-corrected chi connectivity index (χ2v) is 4.59. The molecule has 0 aliphatic carbocycles. The van der Waals surface area contributed by atoms with Gasteiger partial charge in [0.05, 0.1) is 10.9 Å². The number of fused-ring (bicyclic) bond motifs is 1.